The molecule has 0 aromatic heterocycles. The first-order chi connectivity index (χ1) is 13.8. The van der Waals surface area contributed by atoms with E-state index in [0.717, 1.165) is 5.57 Å². The Morgan fingerprint density at radius 2 is 1.45 bits per heavy atom. The van der Waals surface area contributed by atoms with Crippen molar-refractivity contribution in [2.24, 2.45) is 0 Å². The summed E-state index contributed by atoms with van der Waals surface area (Å²) in [5.41, 5.74) is 1.20. The maximum atomic E-state index is 12.5. The molecule has 148 valence electrons. The minimum atomic E-state index is -0.655. The first-order valence-electron chi connectivity index (χ1n) is 8.82. The van der Waals surface area contributed by atoms with Crippen molar-refractivity contribution < 1.29 is 30.0 Å². The minimum absolute atomic E-state index is 0.0160. The van der Waals surface area contributed by atoms with Gasteiger partial charge in [0.25, 0.3) is 0 Å². The second-order valence-corrected chi connectivity index (χ2v) is 6.68. The van der Waals surface area contributed by atoms with E-state index in [9.17, 15) is 25.2 Å². The van der Waals surface area contributed by atoms with Crippen molar-refractivity contribution in [2.45, 2.75) is 13.8 Å². The number of allylic oxidation sites excluding steroid dienone is 3. The Hall–Kier alpha value is -3.93. The zero-order valence-corrected chi connectivity index (χ0v) is 15.9. The number of phenols is 4. The largest absolute Gasteiger partial charge is 0.507 e. The highest BCUT2D eigenvalue weighted by molar-refractivity contribution is 6.04. The first-order valence-corrected chi connectivity index (χ1v) is 8.82. The van der Waals surface area contributed by atoms with Crippen molar-refractivity contribution in [3.63, 3.8) is 0 Å². The summed E-state index contributed by atoms with van der Waals surface area (Å²) < 4.78 is 5.49. The average Bonchev–Trinajstić information content (AvgIpc) is 2.70. The molecule has 0 amide bonds. The van der Waals surface area contributed by atoms with Crippen molar-refractivity contribution in [2.75, 3.05) is 0 Å². The molecule has 0 heterocycles. The monoisotopic (exact) mass is 392 g/mol. The Balaban J connectivity index is 2.19. The fraction of sp³-hybridized carbons (Fsp3) is 0.0870. The number of fused-ring (bicyclic) bond motifs is 1. The highest BCUT2D eigenvalue weighted by Crippen LogP contribution is 2.46. The highest BCUT2D eigenvalue weighted by Gasteiger charge is 2.22. The van der Waals surface area contributed by atoms with Crippen LogP contribution in [0.2, 0.25) is 0 Å². The van der Waals surface area contributed by atoms with Gasteiger partial charge in [-0.3, -0.25) is 0 Å². The van der Waals surface area contributed by atoms with E-state index in [1.54, 1.807) is 36.4 Å². The molecule has 0 unspecified atom stereocenters. The number of phenolic OH excluding ortho intramolecular Hbond substituents is 4. The predicted molar refractivity (Wildman–Crippen MR) is 110 cm³/mol. The molecule has 0 radical (unpaired) electrons. The number of benzene rings is 3. The van der Waals surface area contributed by atoms with Crippen LogP contribution in [0.4, 0.5) is 0 Å². The zero-order valence-electron chi connectivity index (χ0n) is 15.9. The Kier molecular flexibility index (Phi) is 5.45. The lowest BCUT2D eigenvalue weighted by Gasteiger charge is -2.15. The predicted octanol–water partition coefficient (Wildman–Crippen LogP) is 4.83. The van der Waals surface area contributed by atoms with E-state index in [0.29, 0.717) is 5.56 Å². The van der Waals surface area contributed by atoms with Crippen LogP contribution in [-0.4, -0.2) is 26.4 Å². The smallest absolute Gasteiger partial charge is 0.343 e. The lowest BCUT2D eigenvalue weighted by atomic mass is 10.0. The maximum Gasteiger partial charge on any atom is 0.343 e. The molecule has 0 atom stereocenters. The Morgan fingerprint density at radius 3 is 2.07 bits per heavy atom. The maximum absolute atomic E-state index is 12.5. The zero-order chi connectivity index (χ0) is 21.1. The quantitative estimate of drug-likeness (QED) is 0.219. The normalized spacial score (nSPS) is 11.3. The van der Waals surface area contributed by atoms with Crippen LogP contribution >= 0.6 is 0 Å². The average molecular weight is 392 g/mol. The summed E-state index contributed by atoms with van der Waals surface area (Å²) in [6.45, 7) is 3.68. The number of aromatic hydroxyl groups is 4. The topological polar surface area (TPSA) is 107 Å². The number of carbonyl (C=O) groups is 1. The molecule has 3 aromatic carbocycles. The van der Waals surface area contributed by atoms with E-state index in [1.807, 2.05) is 13.8 Å². The fourth-order valence-electron chi connectivity index (χ4n) is 2.83. The number of esters is 1. The summed E-state index contributed by atoms with van der Waals surface area (Å²) >= 11 is 0. The molecule has 6 nitrogen and oxygen atoms in total. The molecule has 3 rings (SSSR count). The summed E-state index contributed by atoms with van der Waals surface area (Å²) in [5, 5.41) is 41.1. The molecule has 0 spiro atoms. The van der Waals surface area contributed by atoms with Crippen molar-refractivity contribution in [1.82, 2.24) is 0 Å². The summed E-state index contributed by atoms with van der Waals surface area (Å²) in [5.74, 6) is -2.17. The highest BCUT2D eigenvalue weighted by atomic mass is 16.5. The second-order valence-electron chi connectivity index (χ2n) is 6.68. The molecule has 0 fully saturated rings. The number of ether oxygens (including phenoxy) is 1. The van der Waals surface area contributed by atoms with Crippen molar-refractivity contribution in [3.8, 4) is 23.0 Å². The molecule has 29 heavy (non-hydrogen) atoms. The summed E-state index contributed by atoms with van der Waals surface area (Å²) in [6.07, 6.45) is 3.16. The van der Waals surface area contributed by atoms with Crippen LogP contribution < -0.4 is 0 Å². The van der Waals surface area contributed by atoms with Crippen LogP contribution in [0.1, 0.15) is 29.8 Å². The number of hydrogen-bond donors (Lipinski definition) is 4. The SMILES string of the molecule is CC(C)=C/C=C(\OC(=O)c1ccccc1)c1cc(O)c2c(O)ccc(O)c2c1O. The van der Waals surface area contributed by atoms with Gasteiger partial charge < -0.3 is 25.2 Å². The van der Waals surface area contributed by atoms with Gasteiger partial charge in [-0.05, 0) is 50.3 Å². The summed E-state index contributed by atoms with van der Waals surface area (Å²) in [6, 6.07) is 11.9. The third-order valence-electron chi connectivity index (χ3n) is 4.24. The van der Waals surface area contributed by atoms with E-state index in [1.165, 1.54) is 24.3 Å². The van der Waals surface area contributed by atoms with E-state index < -0.39 is 11.7 Å². The standard InChI is InChI=1S/C23H20O6/c1-13(2)8-11-19(29-23(28)14-6-4-3-5-7-14)15-12-18(26)20-16(24)9-10-17(25)21(20)22(15)27/h3-12,24-27H,1-2H3/b19-11-. The lowest BCUT2D eigenvalue weighted by molar-refractivity contribution is 0.0691. The molecule has 0 saturated heterocycles. The number of hydrogen-bond acceptors (Lipinski definition) is 6. The van der Waals surface area contributed by atoms with E-state index in [-0.39, 0.29) is 39.3 Å². The van der Waals surface area contributed by atoms with Crippen molar-refractivity contribution in [1.29, 1.82) is 0 Å². The van der Waals surface area contributed by atoms with E-state index >= 15 is 0 Å². The van der Waals surface area contributed by atoms with Gasteiger partial charge >= 0.3 is 5.97 Å². The van der Waals surface area contributed by atoms with Crippen LogP contribution in [0.3, 0.4) is 0 Å². The molecular formula is C23H20O6. The van der Waals surface area contributed by atoms with Crippen LogP contribution in [0.5, 0.6) is 23.0 Å². The van der Waals surface area contributed by atoms with Gasteiger partial charge in [-0.2, -0.15) is 0 Å². The van der Waals surface area contributed by atoms with Crippen LogP contribution in [0, 0.1) is 0 Å². The number of carbonyl (C=O) groups excluding carboxylic acids is 1. The van der Waals surface area contributed by atoms with Gasteiger partial charge in [-0.1, -0.05) is 29.8 Å². The molecular weight excluding hydrogens is 372 g/mol. The molecule has 0 bridgehead atoms. The van der Waals surface area contributed by atoms with Gasteiger partial charge in [0.2, 0.25) is 0 Å². The molecule has 4 N–H and O–H groups in total. The second kappa shape index (κ2) is 7.98. The van der Waals surface area contributed by atoms with Crippen molar-refractivity contribution >= 4 is 22.5 Å². The number of rotatable bonds is 4. The van der Waals surface area contributed by atoms with E-state index in [2.05, 4.69) is 0 Å². The Bertz CT molecular complexity index is 1140. The van der Waals surface area contributed by atoms with Gasteiger partial charge in [-0.15, -0.1) is 0 Å². The first kappa shape index (κ1) is 19.8. The Labute approximate surface area is 167 Å². The molecule has 0 aliphatic heterocycles. The van der Waals surface area contributed by atoms with Gasteiger partial charge in [-0.25, -0.2) is 4.79 Å². The van der Waals surface area contributed by atoms with Gasteiger partial charge in [0, 0.05) is 0 Å². The molecule has 0 saturated carbocycles. The van der Waals surface area contributed by atoms with Gasteiger partial charge in [0.1, 0.15) is 28.8 Å². The van der Waals surface area contributed by atoms with Gasteiger partial charge in [0.05, 0.1) is 21.9 Å². The van der Waals surface area contributed by atoms with Crippen LogP contribution in [0.15, 0.2) is 66.3 Å². The molecule has 0 aliphatic rings. The molecule has 6 heteroatoms. The van der Waals surface area contributed by atoms with Crippen LogP contribution in [-0.2, 0) is 4.74 Å². The van der Waals surface area contributed by atoms with Gasteiger partial charge in [0.15, 0.2) is 0 Å². The minimum Gasteiger partial charge on any atom is -0.507 e. The Morgan fingerprint density at radius 1 is 0.828 bits per heavy atom. The third kappa shape index (κ3) is 4.01. The third-order valence-corrected chi connectivity index (χ3v) is 4.24. The molecule has 0 aliphatic carbocycles. The van der Waals surface area contributed by atoms with Crippen LogP contribution in [0.25, 0.3) is 16.5 Å². The molecule has 3 aromatic rings. The summed E-state index contributed by atoms with van der Waals surface area (Å²) in [4.78, 5) is 12.5. The fourth-order valence-corrected chi connectivity index (χ4v) is 2.83. The summed E-state index contributed by atoms with van der Waals surface area (Å²) in [7, 11) is 0. The van der Waals surface area contributed by atoms with E-state index in [4.69, 9.17) is 4.74 Å². The lowest BCUT2D eigenvalue weighted by Crippen LogP contribution is -2.05. The van der Waals surface area contributed by atoms with Crippen molar-refractivity contribution in [3.05, 3.63) is 77.4 Å².